The number of fused-ring (bicyclic) bond motifs is 1. The Hall–Kier alpha value is -1.61. The van der Waals surface area contributed by atoms with E-state index in [1.807, 2.05) is 12.3 Å². The van der Waals surface area contributed by atoms with E-state index in [0.29, 0.717) is 6.54 Å². The number of carbonyl (C=O) groups excluding carboxylic acids is 1. The first-order valence-electron chi connectivity index (χ1n) is 7.47. The lowest BCUT2D eigenvalue weighted by Gasteiger charge is -2.29. The lowest BCUT2D eigenvalue weighted by molar-refractivity contribution is 0.0901. The molecule has 3 rings (SSSR count). The minimum absolute atomic E-state index is 0.233. The molecule has 0 amide bonds. The van der Waals surface area contributed by atoms with Gasteiger partial charge in [0.15, 0.2) is 5.78 Å². The molecule has 3 heteroatoms. The van der Waals surface area contributed by atoms with Crippen LogP contribution < -0.4 is 0 Å². The molecule has 1 fully saturated rings. The third kappa shape index (κ3) is 2.63. The Balaban J connectivity index is 1.77. The SMILES string of the molecule is Cc1ccc2[nH]cc(C(=O)CN3CCC(C)CC3)c2c1. The number of aromatic amines is 1. The van der Waals surface area contributed by atoms with Gasteiger partial charge < -0.3 is 4.98 Å². The van der Waals surface area contributed by atoms with E-state index >= 15 is 0 Å². The van der Waals surface area contributed by atoms with Crippen molar-refractivity contribution in [3.8, 4) is 0 Å². The molecule has 0 atom stereocenters. The Morgan fingerprint density at radius 3 is 2.85 bits per heavy atom. The van der Waals surface area contributed by atoms with Crippen molar-refractivity contribution in [3.05, 3.63) is 35.5 Å². The van der Waals surface area contributed by atoms with Crippen LogP contribution in [0.2, 0.25) is 0 Å². The molecule has 0 unspecified atom stereocenters. The number of likely N-dealkylation sites (tertiary alicyclic amines) is 1. The van der Waals surface area contributed by atoms with Gasteiger partial charge in [0.05, 0.1) is 6.54 Å². The average molecular weight is 270 g/mol. The first-order chi connectivity index (χ1) is 9.63. The molecule has 1 aliphatic heterocycles. The fourth-order valence-electron chi connectivity index (χ4n) is 2.97. The molecule has 3 nitrogen and oxygen atoms in total. The number of hydrogen-bond acceptors (Lipinski definition) is 2. The topological polar surface area (TPSA) is 36.1 Å². The number of carbonyl (C=O) groups is 1. The standard InChI is InChI=1S/C17H22N2O/c1-12-5-7-19(8-6-12)11-17(20)15-10-18-16-4-3-13(2)9-14(15)16/h3-4,9-10,12,18H,5-8,11H2,1-2H3. The second kappa shape index (κ2) is 5.41. The Bertz CT molecular complexity index is 621. The highest BCUT2D eigenvalue weighted by atomic mass is 16.1. The van der Waals surface area contributed by atoms with E-state index in [-0.39, 0.29) is 5.78 Å². The Kier molecular flexibility index (Phi) is 3.62. The zero-order valence-corrected chi connectivity index (χ0v) is 12.3. The van der Waals surface area contributed by atoms with E-state index in [1.165, 1.54) is 18.4 Å². The number of piperidine rings is 1. The van der Waals surface area contributed by atoms with Crippen LogP contribution in [0.3, 0.4) is 0 Å². The number of aromatic nitrogens is 1. The van der Waals surface area contributed by atoms with Crippen LogP contribution in [-0.2, 0) is 0 Å². The van der Waals surface area contributed by atoms with Gasteiger partial charge in [0.1, 0.15) is 0 Å². The molecule has 1 aromatic heterocycles. The van der Waals surface area contributed by atoms with Crippen molar-refractivity contribution in [2.45, 2.75) is 26.7 Å². The van der Waals surface area contributed by atoms with Crippen molar-refractivity contribution < 1.29 is 4.79 Å². The predicted molar refractivity (Wildman–Crippen MR) is 82.2 cm³/mol. The Morgan fingerprint density at radius 2 is 2.10 bits per heavy atom. The summed E-state index contributed by atoms with van der Waals surface area (Å²) in [7, 11) is 0. The first kappa shape index (κ1) is 13.4. The van der Waals surface area contributed by atoms with Gasteiger partial charge in [-0.3, -0.25) is 9.69 Å². The minimum atomic E-state index is 0.233. The number of ketones is 1. The van der Waals surface area contributed by atoms with E-state index in [4.69, 9.17) is 0 Å². The molecule has 1 aliphatic rings. The third-order valence-corrected chi connectivity index (χ3v) is 4.38. The monoisotopic (exact) mass is 270 g/mol. The van der Waals surface area contributed by atoms with Gasteiger partial charge in [0, 0.05) is 22.7 Å². The van der Waals surface area contributed by atoms with Crippen molar-refractivity contribution in [2.24, 2.45) is 5.92 Å². The summed E-state index contributed by atoms with van der Waals surface area (Å²) in [6, 6.07) is 6.21. The third-order valence-electron chi connectivity index (χ3n) is 4.38. The fourth-order valence-corrected chi connectivity index (χ4v) is 2.97. The van der Waals surface area contributed by atoms with Crippen LogP contribution in [0.15, 0.2) is 24.4 Å². The zero-order chi connectivity index (χ0) is 14.1. The average Bonchev–Trinajstić information content (AvgIpc) is 2.84. The van der Waals surface area contributed by atoms with E-state index in [0.717, 1.165) is 35.5 Å². The molecule has 2 heterocycles. The number of H-pyrrole nitrogens is 1. The first-order valence-corrected chi connectivity index (χ1v) is 7.47. The number of Topliss-reactive ketones (excluding diaryl/α,β-unsaturated/α-hetero) is 1. The number of hydrogen-bond donors (Lipinski definition) is 1. The summed E-state index contributed by atoms with van der Waals surface area (Å²) in [5.41, 5.74) is 3.08. The van der Waals surface area contributed by atoms with Crippen molar-refractivity contribution in [2.75, 3.05) is 19.6 Å². The van der Waals surface area contributed by atoms with E-state index in [2.05, 4.69) is 35.9 Å². The van der Waals surface area contributed by atoms with Crippen molar-refractivity contribution in [3.63, 3.8) is 0 Å². The molecule has 0 aliphatic carbocycles. The van der Waals surface area contributed by atoms with Crippen molar-refractivity contribution in [1.29, 1.82) is 0 Å². The molecule has 1 saturated heterocycles. The normalized spacial score (nSPS) is 17.7. The van der Waals surface area contributed by atoms with Crippen LogP contribution in [0.25, 0.3) is 10.9 Å². The van der Waals surface area contributed by atoms with Crippen LogP contribution in [0.1, 0.15) is 35.7 Å². The molecule has 0 bridgehead atoms. The summed E-state index contributed by atoms with van der Waals surface area (Å²) >= 11 is 0. The smallest absolute Gasteiger partial charge is 0.178 e. The number of nitrogens with one attached hydrogen (secondary N) is 1. The minimum Gasteiger partial charge on any atom is -0.360 e. The molecule has 20 heavy (non-hydrogen) atoms. The van der Waals surface area contributed by atoms with Crippen molar-refractivity contribution >= 4 is 16.7 Å². The maximum Gasteiger partial charge on any atom is 0.178 e. The number of benzene rings is 1. The van der Waals surface area contributed by atoms with Crippen LogP contribution in [0, 0.1) is 12.8 Å². The van der Waals surface area contributed by atoms with E-state index < -0.39 is 0 Å². The lowest BCUT2D eigenvalue weighted by atomic mass is 9.98. The number of nitrogens with zero attached hydrogens (tertiary/aromatic N) is 1. The Morgan fingerprint density at radius 1 is 1.35 bits per heavy atom. The van der Waals surface area contributed by atoms with E-state index in [9.17, 15) is 4.79 Å². The number of aryl methyl sites for hydroxylation is 1. The second-order valence-electron chi connectivity index (χ2n) is 6.13. The quantitative estimate of drug-likeness (QED) is 0.868. The summed E-state index contributed by atoms with van der Waals surface area (Å²) in [6.07, 6.45) is 4.28. The van der Waals surface area contributed by atoms with Crippen LogP contribution in [0.4, 0.5) is 0 Å². The molecule has 0 spiro atoms. The summed E-state index contributed by atoms with van der Waals surface area (Å²) in [5.74, 6) is 1.04. The summed E-state index contributed by atoms with van der Waals surface area (Å²) in [5, 5.41) is 1.06. The Labute approximate surface area is 120 Å². The van der Waals surface area contributed by atoms with E-state index in [1.54, 1.807) is 0 Å². The van der Waals surface area contributed by atoms with Gasteiger partial charge in [-0.25, -0.2) is 0 Å². The van der Waals surface area contributed by atoms with Gasteiger partial charge in [-0.1, -0.05) is 18.6 Å². The maximum atomic E-state index is 12.5. The molecule has 2 aromatic rings. The fraction of sp³-hybridized carbons (Fsp3) is 0.471. The van der Waals surface area contributed by atoms with Gasteiger partial charge >= 0.3 is 0 Å². The van der Waals surface area contributed by atoms with Gasteiger partial charge in [-0.2, -0.15) is 0 Å². The largest absolute Gasteiger partial charge is 0.360 e. The summed E-state index contributed by atoms with van der Waals surface area (Å²) < 4.78 is 0. The van der Waals surface area contributed by atoms with Crippen molar-refractivity contribution in [1.82, 2.24) is 9.88 Å². The van der Waals surface area contributed by atoms with Gasteiger partial charge in [-0.15, -0.1) is 0 Å². The van der Waals surface area contributed by atoms with Gasteiger partial charge in [0.25, 0.3) is 0 Å². The molecule has 0 radical (unpaired) electrons. The molecule has 1 N–H and O–H groups in total. The molecule has 1 aromatic carbocycles. The highest BCUT2D eigenvalue weighted by Crippen LogP contribution is 2.21. The van der Waals surface area contributed by atoms with Gasteiger partial charge in [-0.05, 0) is 50.9 Å². The maximum absolute atomic E-state index is 12.5. The molecule has 106 valence electrons. The molecule has 0 saturated carbocycles. The zero-order valence-electron chi connectivity index (χ0n) is 12.3. The second-order valence-corrected chi connectivity index (χ2v) is 6.13. The number of rotatable bonds is 3. The lowest BCUT2D eigenvalue weighted by Crippen LogP contribution is -2.36. The molecular weight excluding hydrogens is 248 g/mol. The predicted octanol–water partition coefficient (Wildman–Crippen LogP) is 3.39. The van der Waals surface area contributed by atoms with Crippen LogP contribution >= 0.6 is 0 Å². The van der Waals surface area contributed by atoms with Crippen LogP contribution in [0.5, 0.6) is 0 Å². The summed E-state index contributed by atoms with van der Waals surface area (Å²) in [4.78, 5) is 18.0. The summed E-state index contributed by atoms with van der Waals surface area (Å²) in [6.45, 7) is 7.00. The molecular formula is C17H22N2O. The highest BCUT2D eigenvalue weighted by Gasteiger charge is 2.20. The highest BCUT2D eigenvalue weighted by molar-refractivity contribution is 6.08. The van der Waals surface area contributed by atoms with Crippen LogP contribution in [-0.4, -0.2) is 35.3 Å². The van der Waals surface area contributed by atoms with Gasteiger partial charge in [0.2, 0.25) is 0 Å².